The van der Waals surface area contributed by atoms with E-state index in [4.69, 9.17) is 9.47 Å². The molecule has 0 spiro atoms. The minimum Gasteiger partial charge on any atom is -0.494 e. The van der Waals surface area contributed by atoms with Crippen molar-refractivity contribution in [1.82, 2.24) is 15.2 Å². The molecular weight excluding hydrogens is 352 g/mol. The van der Waals surface area contributed by atoms with Gasteiger partial charge in [0.15, 0.2) is 0 Å². The summed E-state index contributed by atoms with van der Waals surface area (Å²) in [6, 6.07) is 8.09. The molecule has 4 rings (SSSR count). The van der Waals surface area contributed by atoms with E-state index in [1.54, 1.807) is 0 Å². The largest absolute Gasteiger partial charge is 0.494 e. The highest BCUT2D eigenvalue weighted by Crippen LogP contribution is 2.28. The number of hydrogen-bond donors (Lipinski definition) is 1. The van der Waals surface area contributed by atoms with E-state index in [1.165, 1.54) is 0 Å². The van der Waals surface area contributed by atoms with Crippen LogP contribution in [0.5, 0.6) is 5.75 Å². The molecule has 2 aromatic rings. The lowest BCUT2D eigenvalue weighted by Crippen LogP contribution is -2.40. The molecule has 1 aromatic heterocycles. The van der Waals surface area contributed by atoms with Gasteiger partial charge in [-0.05, 0) is 30.7 Å². The fraction of sp³-hybridized carbons (Fsp3) is 0.600. The van der Waals surface area contributed by atoms with Gasteiger partial charge in [-0.1, -0.05) is 0 Å². The molecule has 2 aliphatic rings. The van der Waals surface area contributed by atoms with Crippen LogP contribution in [0, 0.1) is 0 Å². The Morgan fingerprint density at radius 1 is 1.26 bits per heavy atom. The van der Waals surface area contributed by atoms with E-state index in [-0.39, 0.29) is 18.9 Å². The van der Waals surface area contributed by atoms with Gasteiger partial charge in [-0.25, -0.2) is 14.1 Å². The number of hydrogen-bond acceptors (Lipinski definition) is 3. The molecule has 0 saturated carbocycles. The van der Waals surface area contributed by atoms with Gasteiger partial charge < -0.3 is 19.4 Å². The van der Waals surface area contributed by atoms with Crippen LogP contribution in [0.15, 0.2) is 24.3 Å². The Labute approximate surface area is 158 Å². The smallest absolute Gasteiger partial charge is 0.250 e. The predicted octanol–water partition coefficient (Wildman–Crippen LogP) is 3.34. The average Bonchev–Trinajstić information content (AvgIpc) is 3.10. The van der Waals surface area contributed by atoms with Crippen molar-refractivity contribution in [2.24, 2.45) is 0 Å². The van der Waals surface area contributed by atoms with E-state index in [1.807, 2.05) is 18.2 Å². The number of ether oxygens (including phenoxy) is 2. The summed E-state index contributed by atoms with van der Waals surface area (Å²) >= 11 is 0. The number of aromatic amines is 1. The number of benzene rings is 1. The topological polar surface area (TPSA) is 51.6 Å². The molecule has 27 heavy (non-hydrogen) atoms. The minimum atomic E-state index is -2.48. The van der Waals surface area contributed by atoms with Crippen molar-refractivity contribution >= 4 is 10.9 Å². The molecule has 5 nitrogen and oxygen atoms in total. The quantitative estimate of drug-likeness (QED) is 0.785. The molecule has 7 heteroatoms. The van der Waals surface area contributed by atoms with Crippen LogP contribution in [0.2, 0.25) is 0 Å². The van der Waals surface area contributed by atoms with Crippen molar-refractivity contribution in [2.45, 2.75) is 31.3 Å². The molecule has 1 aromatic carbocycles. The summed E-state index contributed by atoms with van der Waals surface area (Å²) in [5.74, 6) is -1.65. The lowest BCUT2D eigenvalue weighted by molar-refractivity contribution is -0.0554. The maximum Gasteiger partial charge on any atom is 0.250 e. The zero-order valence-corrected chi connectivity index (χ0v) is 15.4. The van der Waals surface area contributed by atoms with Gasteiger partial charge in [0.1, 0.15) is 11.9 Å². The van der Waals surface area contributed by atoms with Gasteiger partial charge in [0.2, 0.25) is 0 Å². The second kappa shape index (κ2) is 8.12. The number of rotatable bonds is 6. The highest BCUT2D eigenvalue weighted by molar-refractivity contribution is 5.82. The molecule has 0 amide bonds. The number of piperidine rings is 1. The van der Waals surface area contributed by atoms with Crippen molar-refractivity contribution in [1.29, 1.82) is 0 Å². The number of H-pyrrole nitrogens is 1. The molecule has 0 aliphatic carbocycles. The molecule has 1 atom stereocenters. The van der Waals surface area contributed by atoms with E-state index >= 15 is 0 Å². The number of likely N-dealkylation sites (tertiary alicyclic amines) is 1. The summed E-state index contributed by atoms with van der Waals surface area (Å²) in [6.45, 7) is 4.47. The van der Waals surface area contributed by atoms with Crippen molar-refractivity contribution in [2.75, 3.05) is 45.9 Å². The molecule has 2 fully saturated rings. The standard InChI is InChI=1S/C20H26F2N3O2/c21-20(22)4-8-25(9-5-20)7-1-10-26-16-2-3-17-15(12-16)13-18(24-17)19-14-23-6-11-27-19/h2-3,12-13,19,24H,1,4-11,14H2. The first-order valence-corrected chi connectivity index (χ1v) is 9.70. The number of nitrogens with zero attached hydrogens (tertiary/aromatic N) is 2. The second-order valence-corrected chi connectivity index (χ2v) is 7.36. The van der Waals surface area contributed by atoms with E-state index < -0.39 is 5.92 Å². The zero-order chi connectivity index (χ0) is 18.7. The van der Waals surface area contributed by atoms with Crippen LogP contribution in [0.3, 0.4) is 0 Å². The molecule has 0 bridgehead atoms. The molecule has 3 heterocycles. The Kier molecular flexibility index (Phi) is 5.61. The van der Waals surface area contributed by atoms with Crippen LogP contribution in [0.25, 0.3) is 10.9 Å². The maximum atomic E-state index is 13.2. The minimum absolute atomic E-state index is 0.00689. The average molecular weight is 378 g/mol. The first-order valence-electron chi connectivity index (χ1n) is 9.70. The lowest BCUT2D eigenvalue weighted by atomic mass is 10.1. The Bertz CT molecular complexity index is 749. The van der Waals surface area contributed by atoms with E-state index in [0.29, 0.717) is 32.8 Å². The van der Waals surface area contributed by atoms with Gasteiger partial charge in [-0.15, -0.1) is 0 Å². The van der Waals surface area contributed by atoms with Crippen LogP contribution >= 0.6 is 0 Å². The number of morpholine rings is 1. The Balaban J connectivity index is 1.26. The summed E-state index contributed by atoms with van der Waals surface area (Å²) in [5.41, 5.74) is 2.10. The normalized spacial score (nSPS) is 23.6. The van der Waals surface area contributed by atoms with E-state index in [0.717, 1.165) is 41.9 Å². The summed E-state index contributed by atoms with van der Waals surface area (Å²) in [5, 5.41) is 5.50. The highest BCUT2D eigenvalue weighted by atomic mass is 19.3. The second-order valence-electron chi connectivity index (χ2n) is 7.36. The fourth-order valence-electron chi connectivity index (χ4n) is 3.69. The third-order valence-electron chi connectivity index (χ3n) is 5.30. The lowest BCUT2D eigenvalue weighted by Gasteiger charge is -2.31. The van der Waals surface area contributed by atoms with Crippen LogP contribution in [0.1, 0.15) is 31.1 Å². The highest BCUT2D eigenvalue weighted by Gasteiger charge is 2.33. The van der Waals surface area contributed by atoms with Gasteiger partial charge >= 0.3 is 0 Å². The van der Waals surface area contributed by atoms with Gasteiger partial charge in [0, 0.05) is 62.2 Å². The summed E-state index contributed by atoms with van der Waals surface area (Å²) in [7, 11) is 0. The summed E-state index contributed by atoms with van der Waals surface area (Å²) in [6.07, 6.45) is 0.781. The third kappa shape index (κ3) is 4.78. The van der Waals surface area contributed by atoms with Gasteiger partial charge in [-0.3, -0.25) is 0 Å². The van der Waals surface area contributed by atoms with Crippen molar-refractivity contribution < 1.29 is 18.3 Å². The van der Waals surface area contributed by atoms with E-state index in [9.17, 15) is 8.78 Å². The van der Waals surface area contributed by atoms with Gasteiger partial charge in [-0.2, -0.15) is 0 Å². The zero-order valence-electron chi connectivity index (χ0n) is 15.4. The van der Waals surface area contributed by atoms with Crippen LogP contribution in [-0.2, 0) is 4.74 Å². The Hall–Kier alpha value is -1.70. The summed E-state index contributed by atoms with van der Waals surface area (Å²) in [4.78, 5) is 5.50. The van der Waals surface area contributed by atoms with Crippen LogP contribution < -0.4 is 10.1 Å². The molecule has 1 radical (unpaired) electrons. The number of halogens is 2. The van der Waals surface area contributed by atoms with Crippen molar-refractivity contribution in [3.8, 4) is 5.75 Å². The molecule has 1 N–H and O–H groups in total. The fourth-order valence-corrected chi connectivity index (χ4v) is 3.69. The molecule has 1 unspecified atom stereocenters. The van der Waals surface area contributed by atoms with Crippen molar-refractivity contribution in [3.63, 3.8) is 0 Å². The summed E-state index contributed by atoms with van der Waals surface area (Å²) < 4.78 is 38.0. The van der Waals surface area contributed by atoms with Crippen LogP contribution in [0.4, 0.5) is 8.78 Å². The first kappa shape index (κ1) is 18.7. The molecular formula is C20H26F2N3O2. The van der Waals surface area contributed by atoms with Gasteiger partial charge in [0.05, 0.1) is 13.2 Å². The predicted molar refractivity (Wildman–Crippen MR) is 99.6 cm³/mol. The number of nitrogens with one attached hydrogen (secondary N) is 1. The third-order valence-corrected chi connectivity index (χ3v) is 5.30. The number of alkyl halides is 2. The Morgan fingerprint density at radius 2 is 2.11 bits per heavy atom. The number of fused-ring (bicyclic) bond motifs is 1. The molecule has 2 saturated heterocycles. The maximum absolute atomic E-state index is 13.2. The SMILES string of the molecule is FC1(F)CCN(CCCOc2ccc3[nH]c(C4C[N]CCO4)cc3c2)CC1. The number of aromatic nitrogens is 1. The molecule has 2 aliphatic heterocycles. The van der Waals surface area contributed by atoms with E-state index in [2.05, 4.69) is 21.3 Å². The van der Waals surface area contributed by atoms with Crippen molar-refractivity contribution in [3.05, 3.63) is 30.0 Å². The first-order chi connectivity index (χ1) is 13.1. The van der Waals surface area contributed by atoms with Crippen LogP contribution in [-0.4, -0.2) is 61.7 Å². The molecule has 147 valence electrons. The van der Waals surface area contributed by atoms with Gasteiger partial charge in [0.25, 0.3) is 5.92 Å². The monoisotopic (exact) mass is 378 g/mol. The Morgan fingerprint density at radius 3 is 2.89 bits per heavy atom.